The Morgan fingerprint density at radius 3 is 1.32 bits per heavy atom. The van der Waals surface area contributed by atoms with E-state index in [9.17, 15) is 0 Å². The van der Waals surface area contributed by atoms with Crippen molar-refractivity contribution in [1.82, 2.24) is 0 Å². The summed E-state index contributed by atoms with van der Waals surface area (Å²) in [6.07, 6.45) is 4.49. The zero-order valence-electron chi connectivity index (χ0n) is 29.7. The minimum absolute atomic E-state index is 0.00366. The van der Waals surface area contributed by atoms with E-state index in [4.69, 9.17) is 0 Å². The van der Waals surface area contributed by atoms with Gasteiger partial charge in [-0.3, -0.25) is 0 Å². The number of para-hydroxylation sites is 3. The molecule has 10 rings (SSSR count). The van der Waals surface area contributed by atoms with Crippen LogP contribution in [0.3, 0.4) is 0 Å². The fourth-order valence-corrected chi connectivity index (χ4v) is 9.13. The van der Waals surface area contributed by atoms with Gasteiger partial charge in [-0.15, -0.1) is 0 Å². The van der Waals surface area contributed by atoms with Crippen molar-refractivity contribution < 1.29 is 0 Å². The predicted molar refractivity (Wildman–Crippen MR) is 223 cm³/mol. The molecule has 0 amide bonds. The second-order valence-electron chi connectivity index (χ2n) is 14.5. The molecule has 1 spiro atoms. The summed E-state index contributed by atoms with van der Waals surface area (Å²) in [5, 5.41) is 2.54. The summed E-state index contributed by atoms with van der Waals surface area (Å²) in [6.45, 7) is 0. The molecule has 0 aromatic heterocycles. The number of hydrogen-bond donors (Lipinski definition) is 0. The van der Waals surface area contributed by atoms with Crippen molar-refractivity contribution in [3.05, 3.63) is 216 Å². The quantitative estimate of drug-likeness (QED) is 0.165. The third kappa shape index (κ3) is 5.41. The first-order valence-electron chi connectivity index (χ1n) is 18.9. The van der Waals surface area contributed by atoms with Crippen LogP contribution in [0.15, 0.2) is 194 Å². The van der Waals surface area contributed by atoms with Gasteiger partial charge in [-0.25, -0.2) is 0 Å². The van der Waals surface area contributed by atoms with E-state index in [2.05, 4.69) is 204 Å². The zero-order valence-corrected chi connectivity index (χ0v) is 29.7. The summed E-state index contributed by atoms with van der Waals surface area (Å²) < 4.78 is 0. The largest absolute Gasteiger partial charge is 0.310 e. The number of nitrogens with zero attached hydrogens (tertiary/aromatic N) is 2. The molecule has 53 heavy (non-hydrogen) atoms. The number of benzene rings is 8. The molecule has 2 heteroatoms. The van der Waals surface area contributed by atoms with Gasteiger partial charge >= 0.3 is 0 Å². The molecule has 0 unspecified atom stereocenters. The zero-order chi connectivity index (χ0) is 35.2. The number of rotatable bonds is 7. The summed E-state index contributed by atoms with van der Waals surface area (Å²) in [7, 11) is 0. The molecule has 2 nitrogen and oxygen atoms in total. The van der Waals surface area contributed by atoms with E-state index in [1.165, 1.54) is 66.9 Å². The molecule has 2 aliphatic rings. The third-order valence-electron chi connectivity index (χ3n) is 11.6. The van der Waals surface area contributed by atoms with Crippen molar-refractivity contribution in [3.8, 4) is 11.1 Å². The van der Waals surface area contributed by atoms with E-state index in [1.54, 1.807) is 0 Å². The predicted octanol–water partition coefficient (Wildman–Crippen LogP) is 13.6. The van der Waals surface area contributed by atoms with Crippen LogP contribution < -0.4 is 9.80 Å². The average Bonchev–Trinajstić information content (AvgIpc) is 3.79. The summed E-state index contributed by atoms with van der Waals surface area (Å²) in [5.74, 6) is 0. The van der Waals surface area contributed by atoms with Crippen LogP contribution in [-0.2, 0) is 18.3 Å². The van der Waals surface area contributed by atoms with Gasteiger partial charge in [-0.2, -0.15) is 0 Å². The molecule has 8 aromatic carbocycles. The highest BCUT2D eigenvalue weighted by atomic mass is 15.1. The van der Waals surface area contributed by atoms with Crippen molar-refractivity contribution in [3.63, 3.8) is 0 Å². The number of anilines is 6. The topological polar surface area (TPSA) is 6.48 Å². The van der Waals surface area contributed by atoms with Gasteiger partial charge in [0.15, 0.2) is 0 Å². The molecule has 0 saturated carbocycles. The molecular formula is C51H40N2. The Morgan fingerprint density at radius 1 is 0.358 bits per heavy atom. The molecule has 2 aliphatic carbocycles. The van der Waals surface area contributed by atoms with Crippen molar-refractivity contribution in [2.45, 2.75) is 31.1 Å². The Hall–Kier alpha value is -6.38. The van der Waals surface area contributed by atoms with Gasteiger partial charge in [0.25, 0.3) is 0 Å². The highest BCUT2D eigenvalue weighted by molar-refractivity contribution is 5.97. The minimum atomic E-state index is -0.00366. The van der Waals surface area contributed by atoms with Gasteiger partial charge in [-0.1, -0.05) is 121 Å². The second-order valence-corrected chi connectivity index (χ2v) is 14.5. The van der Waals surface area contributed by atoms with Crippen molar-refractivity contribution >= 4 is 44.9 Å². The number of aryl methyl sites for hydroxylation is 2. The first-order chi connectivity index (χ1) is 26.2. The second kappa shape index (κ2) is 13.0. The monoisotopic (exact) mass is 680 g/mol. The summed E-state index contributed by atoms with van der Waals surface area (Å²) >= 11 is 0. The van der Waals surface area contributed by atoms with E-state index in [1.807, 2.05) is 0 Å². The van der Waals surface area contributed by atoms with E-state index in [-0.39, 0.29) is 5.41 Å². The maximum Gasteiger partial charge on any atom is 0.0464 e. The van der Waals surface area contributed by atoms with Gasteiger partial charge in [0.2, 0.25) is 0 Å². The van der Waals surface area contributed by atoms with Crippen molar-refractivity contribution in [2.24, 2.45) is 0 Å². The van der Waals surface area contributed by atoms with E-state index >= 15 is 0 Å². The molecule has 0 aliphatic heterocycles. The molecule has 0 bridgehead atoms. The van der Waals surface area contributed by atoms with Crippen LogP contribution in [0.2, 0.25) is 0 Å². The van der Waals surface area contributed by atoms with Crippen LogP contribution in [0.5, 0.6) is 0 Å². The van der Waals surface area contributed by atoms with Crippen LogP contribution >= 0.6 is 0 Å². The fraction of sp³-hybridized carbons (Fsp3) is 0.0980. The Balaban J connectivity index is 1.06. The lowest BCUT2D eigenvalue weighted by Gasteiger charge is -2.31. The lowest BCUT2D eigenvalue weighted by atomic mass is 9.76. The molecule has 254 valence electrons. The third-order valence-corrected chi connectivity index (χ3v) is 11.6. The average molecular weight is 681 g/mol. The molecule has 1 atom stereocenters. The highest BCUT2D eigenvalue weighted by Gasteiger charge is 2.45. The Kier molecular flexibility index (Phi) is 7.69. The molecule has 0 radical (unpaired) electrons. The molecule has 0 saturated heterocycles. The summed E-state index contributed by atoms with van der Waals surface area (Å²) in [4.78, 5) is 4.83. The van der Waals surface area contributed by atoms with Crippen LogP contribution in [0.1, 0.15) is 35.1 Å². The maximum absolute atomic E-state index is 2.52. The van der Waals surface area contributed by atoms with Gasteiger partial charge in [-0.05, 0) is 143 Å². The first kappa shape index (κ1) is 31.4. The van der Waals surface area contributed by atoms with E-state index < -0.39 is 0 Å². The summed E-state index contributed by atoms with van der Waals surface area (Å²) in [5.41, 5.74) is 15.5. The Labute approximate surface area is 312 Å². The van der Waals surface area contributed by atoms with Gasteiger partial charge in [0.05, 0.1) is 0 Å². The van der Waals surface area contributed by atoms with E-state index in [0.717, 1.165) is 37.1 Å². The van der Waals surface area contributed by atoms with E-state index in [0.29, 0.717) is 0 Å². The van der Waals surface area contributed by atoms with Crippen LogP contribution in [0.25, 0.3) is 21.9 Å². The van der Waals surface area contributed by atoms with Gasteiger partial charge in [0, 0.05) is 39.5 Å². The smallest absolute Gasteiger partial charge is 0.0464 e. The van der Waals surface area contributed by atoms with Crippen LogP contribution in [0.4, 0.5) is 34.1 Å². The Bertz CT molecular complexity index is 2510. The first-order valence-corrected chi connectivity index (χ1v) is 18.9. The van der Waals surface area contributed by atoms with Crippen LogP contribution in [0, 0.1) is 0 Å². The standard InChI is InChI=1S/C51H40N2/c1-4-15-41(16-5-1)52(42-17-6-2-7-18-42)45-29-25-39-31-33-51(49(39)35-45)34-32-40-26-30-46(36-50(40)51)53(43-19-8-3-9-20-43)44-27-23-38(24-28-44)48-22-12-14-37-13-10-11-21-47(37)48/h1-30,35-36H,31-34H2/t51-/m1/s1. The molecule has 0 heterocycles. The molecular weight excluding hydrogens is 641 g/mol. The maximum atomic E-state index is 2.52. The number of hydrogen-bond acceptors (Lipinski definition) is 2. The van der Waals surface area contributed by atoms with Crippen molar-refractivity contribution in [2.75, 3.05) is 9.80 Å². The molecule has 0 fully saturated rings. The SMILES string of the molecule is c1ccc(N(c2ccccc2)c2ccc3c(c2)[C@@]2(CC3)CCc3ccc(N(c4ccccc4)c4ccc(-c5cccc6ccccc56)cc4)cc32)cc1. The molecule has 8 aromatic rings. The lowest BCUT2D eigenvalue weighted by Crippen LogP contribution is -2.22. The van der Waals surface area contributed by atoms with Gasteiger partial charge in [0.1, 0.15) is 0 Å². The lowest BCUT2D eigenvalue weighted by molar-refractivity contribution is 0.507. The minimum Gasteiger partial charge on any atom is -0.310 e. The van der Waals surface area contributed by atoms with Crippen LogP contribution in [-0.4, -0.2) is 0 Å². The normalized spacial score (nSPS) is 15.7. The van der Waals surface area contributed by atoms with Crippen molar-refractivity contribution in [1.29, 1.82) is 0 Å². The molecule has 0 N–H and O–H groups in total. The fourth-order valence-electron chi connectivity index (χ4n) is 9.13. The van der Waals surface area contributed by atoms with Gasteiger partial charge < -0.3 is 9.80 Å². The highest BCUT2D eigenvalue weighted by Crippen LogP contribution is 2.55. The summed E-state index contributed by atoms with van der Waals surface area (Å²) in [6, 6.07) is 71.2. The Morgan fingerprint density at radius 2 is 0.792 bits per heavy atom. The number of fused-ring (bicyclic) bond motifs is 5.